The van der Waals surface area contributed by atoms with Crippen molar-refractivity contribution in [1.29, 1.82) is 0 Å². The fourth-order valence-electron chi connectivity index (χ4n) is 1.77. The molecule has 0 saturated carbocycles. The summed E-state index contributed by atoms with van der Waals surface area (Å²) in [6.07, 6.45) is -1.07. The Morgan fingerprint density at radius 1 is 1.31 bits per heavy atom. The molecule has 0 spiro atoms. The van der Waals surface area contributed by atoms with Crippen LogP contribution in [0.3, 0.4) is 0 Å². The summed E-state index contributed by atoms with van der Waals surface area (Å²) >= 11 is 0. The van der Waals surface area contributed by atoms with Crippen LogP contribution in [-0.2, 0) is 11.3 Å². The van der Waals surface area contributed by atoms with Crippen LogP contribution in [0.2, 0.25) is 0 Å². The Labute approximate surface area is 92.9 Å². The van der Waals surface area contributed by atoms with Gasteiger partial charge in [-0.2, -0.15) is 0 Å². The molecule has 0 saturated heterocycles. The molecule has 16 heavy (non-hydrogen) atoms. The van der Waals surface area contributed by atoms with Gasteiger partial charge in [-0.3, -0.25) is 9.69 Å². The molecule has 5 nitrogen and oxygen atoms in total. The zero-order valence-corrected chi connectivity index (χ0v) is 8.88. The highest BCUT2D eigenvalue weighted by Crippen LogP contribution is 2.23. The molecule has 0 aromatic heterocycles. The Morgan fingerprint density at radius 2 is 2.00 bits per heavy atom. The molecular weight excluding hydrogens is 208 g/mol. The third-order valence-corrected chi connectivity index (χ3v) is 2.68. The van der Waals surface area contributed by atoms with E-state index in [-0.39, 0.29) is 19.0 Å². The average molecular weight is 220 g/mol. The van der Waals surface area contributed by atoms with E-state index >= 15 is 0 Å². The molecule has 0 unspecified atom stereocenters. The van der Waals surface area contributed by atoms with Crippen LogP contribution in [0, 0.1) is 0 Å². The average Bonchev–Trinajstić information content (AvgIpc) is 2.38. The van der Waals surface area contributed by atoms with Gasteiger partial charge < -0.3 is 10.0 Å². The second-order valence-corrected chi connectivity index (χ2v) is 3.72. The SMILES string of the molecule is CN1C(=O)CN(C(=O)O)Cc2ccccc21. The van der Waals surface area contributed by atoms with E-state index in [1.165, 1.54) is 4.90 Å². The molecule has 1 heterocycles. The number of carboxylic acid groups (broad SMARTS) is 1. The zero-order chi connectivity index (χ0) is 11.7. The molecule has 2 amide bonds. The molecule has 5 heteroatoms. The zero-order valence-electron chi connectivity index (χ0n) is 8.88. The maximum atomic E-state index is 11.7. The minimum atomic E-state index is -1.07. The monoisotopic (exact) mass is 220 g/mol. The standard InChI is InChI=1S/C11H12N2O3/c1-12-9-5-3-2-4-8(9)6-13(11(15)16)7-10(12)14/h2-5H,6-7H2,1H3,(H,15,16). The van der Waals surface area contributed by atoms with Gasteiger partial charge in [0.25, 0.3) is 0 Å². The maximum absolute atomic E-state index is 11.7. The van der Waals surface area contributed by atoms with Crippen LogP contribution in [0.25, 0.3) is 0 Å². The van der Waals surface area contributed by atoms with Gasteiger partial charge in [0.2, 0.25) is 5.91 Å². The molecule has 1 N–H and O–H groups in total. The van der Waals surface area contributed by atoms with Crippen molar-refractivity contribution < 1.29 is 14.7 Å². The van der Waals surface area contributed by atoms with E-state index in [4.69, 9.17) is 5.11 Å². The number of hydrogen-bond acceptors (Lipinski definition) is 2. The van der Waals surface area contributed by atoms with Gasteiger partial charge in [0.15, 0.2) is 0 Å². The maximum Gasteiger partial charge on any atom is 0.408 e. The van der Waals surface area contributed by atoms with Crippen molar-refractivity contribution >= 4 is 17.7 Å². The van der Waals surface area contributed by atoms with Gasteiger partial charge in [0, 0.05) is 12.7 Å². The predicted molar refractivity (Wildman–Crippen MR) is 58.3 cm³/mol. The van der Waals surface area contributed by atoms with Gasteiger partial charge in [-0.15, -0.1) is 0 Å². The largest absolute Gasteiger partial charge is 0.465 e. The molecule has 0 aliphatic carbocycles. The van der Waals surface area contributed by atoms with Crippen LogP contribution in [0.1, 0.15) is 5.56 Å². The van der Waals surface area contributed by atoms with Crippen molar-refractivity contribution in [3.8, 4) is 0 Å². The van der Waals surface area contributed by atoms with Crippen molar-refractivity contribution in [3.05, 3.63) is 29.8 Å². The third kappa shape index (κ3) is 1.71. The molecule has 2 rings (SSSR count). The summed E-state index contributed by atoms with van der Waals surface area (Å²) in [5, 5.41) is 8.95. The first-order valence-electron chi connectivity index (χ1n) is 4.92. The lowest BCUT2D eigenvalue weighted by Crippen LogP contribution is -2.37. The highest BCUT2D eigenvalue weighted by molar-refractivity contribution is 5.97. The molecule has 0 fully saturated rings. The van der Waals surface area contributed by atoms with Crippen LogP contribution < -0.4 is 4.90 Å². The molecule has 84 valence electrons. The Hall–Kier alpha value is -2.04. The Kier molecular flexibility index (Phi) is 2.52. The minimum Gasteiger partial charge on any atom is -0.465 e. The van der Waals surface area contributed by atoms with Crippen molar-refractivity contribution in [1.82, 2.24) is 4.90 Å². The fourth-order valence-corrected chi connectivity index (χ4v) is 1.77. The summed E-state index contributed by atoms with van der Waals surface area (Å²) in [6.45, 7) is 0.155. The molecule has 1 aliphatic rings. The molecule has 1 aromatic carbocycles. The number of carbonyl (C=O) groups is 2. The lowest BCUT2D eigenvalue weighted by atomic mass is 10.1. The fraction of sp³-hybridized carbons (Fsp3) is 0.273. The topological polar surface area (TPSA) is 60.9 Å². The number of rotatable bonds is 0. The van der Waals surface area contributed by atoms with Crippen LogP contribution >= 0.6 is 0 Å². The van der Waals surface area contributed by atoms with Crippen molar-refractivity contribution in [2.45, 2.75) is 6.54 Å². The quantitative estimate of drug-likeness (QED) is 0.713. The van der Waals surface area contributed by atoms with Gasteiger partial charge in [-0.1, -0.05) is 18.2 Å². The number of hydrogen-bond donors (Lipinski definition) is 1. The first-order chi connectivity index (χ1) is 7.59. The minimum absolute atomic E-state index is 0.0967. The van der Waals surface area contributed by atoms with E-state index in [2.05, 4.69) is 0 Å². The molecule has 1 aromatic rings. The summed E-state index contributed by atoms with van der Waals surface area (Å²) in [7, 11) is 1.66. The summed E-state index contributed by atoms with van der Waals surface area (Å²) < 4.78 is 0. The molecule has 1 aliphatic heterocycles. The number of para-hydroxylation sites is 1. The van der Waals surface area contributed by atoms with Crippen molar-refractivity contribution in [2.75, 3.05) is 18.5 Å². The summed E-state index contributed by atoms with van der Waals surface area (Å²) in [6, 6.07) is 7.32. The molecule has 0 atom stereocenters. The smallest absolute Gasteiger partial charge is 0.408 e. The van der Waals surface area contributed by atoms with Gasteiger partial charge in [-0.25, -0.2) is 4.79 Å². The number of amides is 2. The van der Waals surface area contributed by atoms with Gasteiger partial charge in [-0.05, 0) is 11.6 Å². The third-order valence-electron chi connectivity index (χ3n) is 2.68. The number of benzene rings is 1. The van der Waals surface area contributed by atoms with Crippen LogP contribution in [-0.4, -0.2) is 35.6 Å². The predicted octanol–water partition coefficient (Wildman–Crippen LogP) is 1.14. The first kappa shape index (κ1) is 10.5. The Morgan fingerprint density at radius 3 is 2.69 bits per heavy atom. The van der Waals surface area contributed by atoms with E-state index in [9.17, 15) is 9.59 Å². The summed E-state index contributed by atoms with van der Waals surface area (Å²) in [4.78, 5) is 25.3. The van der Waals surface area contributed by atoms with Crippen LogP contribution in [0.5, 0.6) is 0 Å². The van der Waals surface area contributed by atoms with Crippen LogP contribution in [0.15, 0.2) is 24.3 Å². The van der Waals surface area contributed by atoms with E-state index in [0.717, 1.165) is 16.2 Å². The van der Waals surface area contributed by atoms with Gasteiger partial charge >= 0.3 is 6.09 Å². The normalized spacial score (nSPS) is 15.7. The molecule has 0 radical (unpaired) electrons. The molecular formula is C11H12N2O3. The van der Waals surface area contributed by atoms with E-state index in [1.807, 2.05) is 24.3 Å². The van der Waals surface area contributed by atoms with Crippen molar-refractivity contribution in [3.63, 3.8) is 0 Å². The number of anilines is 1. The number of likely N-dealkylation sites (N-methyl/N-ethyl adjacent to an activating group) is 1. The summed E-state index contributed by atoms with van der Waals surface area (Å²) in [5.41, 5.74) is 1.62. The second-order valence-electron chi connectivity index (χ2n) is 3.72. The summed E-state index contributed by atoms with van der Waals surface area (Å²) in [5.74, 6) is -0.215. The highest BCUT2D eigenvalue weighted by atomic mass is 16.4. The van der Waals surface area contributed by atoms with Gasteiger partial charge in [0.1, 0.15) is 6.54 Å². The van der Waals surface area contributed by atoms with Crippen LogP contribution in [0.4, 0.5) is 10.5 Å². The second kappa shape index (κ2) is 3.84. The van der Waals surface area contributed by atoms with E-state index in [0.29, 0.717) is 0 Å². The highest BCUT2D eigenvalue weighted by Gasteiger charge is 2.25. The lowest BCUT2D eigenvalue weighted by molar-refractivity contribution is -0.119. The van der Waals surface area contributed by atoms with E-state index < -0.39 is 6.09 Å². The van der Waals surface area contributed by atoms with E-state index in [1.54, 1.807) is 7.05 Å². The number of nitrogens with zero attached hydrogens (tertiary/aromatic N) is 2. The molecule has 0 bridgehead atoms. The Balaban J connectivity index is 2.44. The Bertz CT molecular complexity index is 445. The lowest BCUT2D eigenvalue weighted by Gasteiger charge is -2.16. The van der Waals surface area contributed by atoms with Crippen molar-refractivity contribution in [2.24, 2.45) is 0 Å². The number of carbonyl (C=O) groups excluding carboxylic acids is 1. The number of fused-ring (bicyclic) bond motifs is 1. The van der Waals surface area contributed by atoms with Gasteiger partial charge in [0.05, 0.1) is 6.54 Å². The first-order valence-corrected chi connectivity index (χ1v) is 4.92.